The molecule has 2 N–H and O–H groups in total. The molecule has 3 rings (SSSR count). The molecule has 1 saturated heterocycles. The van der Waals surface area contributed by atoms with E-state index in [1.807, 2.05) is 4.90 Å². The van der Waals surface area contributed by atoms with Crippen LogP contribution in [0.1, 0.15) is 28.4 Å². The number of ether oxygens (including phenoxy) is 1. The number of benzene rings is 2. The molecule has 2 aromatic carbocycles. The number of anilines is 1. The second-order valence-corrected chi connectivity index (χ2v) is 7.07. The van der Waals surface area contributed by atoms with Gasteiger partial charge in [0, 0.05) is 16.8 Å². The first-order valence-electron chi connectivity index (χ1n) is 9.78. The molecule has 1 heterocycles. The highest BCUT2D eigenvalue weighted by atomic mass is 16.5. The van der Waals surface area contributed by atoms with E-state index in [-0.39, 0.29) is 5.91 Å². The number of piperazine rings is 1. The smallest absolute Gasteiger partial charge is 0.411 e. The molecule has 0 spiro atoms. The van der Waals surface area contributed by atoms with Gasteiger partial charge in [0.05, 0.1) is 32.8 Å². The molecular formula is C22H28N3O3+. The van der Waals surface area contributed by atoms with Gasteiger partial charge in [-0.3, -0.25) is 10.1 Å². The zero-order chi connectivity index (χ0) is 19.9. The Morgan fingerprint density at radius 3 is 2.39 bits per heavy atom. The Bertz CT molecular complexity index is 812. The van der Waals surface area contributed by atoms with Gasteiger partial charge in [-0.15, -0.1) is 0 Å². The fraction of sp³-hybridized carbons (Fsp3) is 0.364. The maximum absolute atomic E-state index is 12.8. The van der Waals surface area contributed by atoms with E-state index < -0.39 is 6.09 Å². The molecule has 0 radical (unpaired) electrons. The van der Waals surface area contributed by atoms with Crippen molar-refractivity contribution in [2.24, 2.45) is 0 Å². The molecule has 0 unspecified atom stereocenters. The first-order valence-corrected chi connectivity index (χ1v) is 9.78. The topological polar surface area (TPSA) is 63.1 Å². The highest BCUT2D eigenvalue weighted by Gasteiger charge is 2.24. The van der Waals surface area contributed by atoms with E-state index in [0.29, 0.717) is 17.9 Å². The first kappa shape index (κ1) is 19.9. The predicted octanol–water partition coefficient (Wildman–Crippen LogP) is 2.10. The van der Waals surface area contributed by atoms with Crippen molar-refractivity contribution in [1.29, 1.82) is 0 Å². The summed E-state index contributed by atoms with van der Waals surface area (Å²) >= 11 is 0. The van der Waals surface area contributed by atoms with Crippen LogP contribution in [0.5, 0.6) is 0 Å². The average molecular weight is 382 g/mol. The number of amides is 2. The van der Waals surface area contributed by atoms with Gasteiger partial charge in [0.15, 0.2) is 0 Å². The highest BCUT2D eigenvalue weighted by Crippen LogP contribution is 2.12. The molecule has 0 saturated carbocycles. The van der Waals surface area contributed by atoms with Crippen LogP contribution in [0.25, 0.3) is 0 Å². The van der Waals surface area contributed by atoms with Crippen LogP contribution < -0.4 is 10.2 Å². The number of carbonyl (C=O) groups is 2. The minimum Gasteiger partial charge on any atom is -0.450 e. The molecule has 0 bridgehead atoms. The van der Waals surface area contributed by atoms with Gasteiger partial charge in [-0.1, -0.05) is 24.3 Å². The third kappa shape index (κ3) is 5.10. The Morgan fingerprint density at radius 1 is 1.07 bits per heavy atom. The van der Waals surface area contributed by atoms with Crippen LogP contribution in [0, 0.1) is 6.92 Å². The van der Waals surface area contributed by atoms with E-state index in [9.17, 15) is 9.59 Å². The second-order valence-electron chi connectivity index (χ2n) is 7.07. The van der Waals surface area contributed by atoms with Crippen molar-refractivity contribution in [2.45, 2.75) is 20.4 Å². The minimum absolute atomic E-state index is 0.0395. The normalized spacial score (nSPS) is 14.6. The molecule has 28 heavy (non-hydrogen) atoms. The molecule has 1 aliphatic rings. The van der Waals surface area contributed by atoms with E-state index in [2.05, 4.69) is 36.5 Å². The van der Waals surface area contributed by atoms with Crippen LogP contribution in [0.3, 0.4) is 0 Å². The van der Waals surface area contributed by atoms with Gasteiger partial charge in [0.1, 0.15) is 6.54 Å². The molecular weight excluding hydrogens is 354 g/mol. The molecule has 2 aromatic rings. The molecule has 0 aromatic heterocycles. The summed E-state index contributed by atoms with van der Waals surface area (Å²) in [5.74, 6) is 0.0395. The van der Waals surface area contributed by atoms with Crippen LogP contribution in [0.15, 0.2) is 48.5 Å². The number of nitrogens with one attached hydrogen (secondary N) is 2. The van der Waals surface area contributed by atoms with Crippen molar-refractivity contribution in [3.63, 3.8) is 0 Å². The summed E-state index contributed by atoms with van der Waals surface area (Å²) < 4.78 is 4.85. The van der Waals surface area contributed by atoms with Gasteiger partial charge in [0.2, 0.25) is 0 Å². The van der Waals surface area contributed by atoms with E-state index in [1.54, 1.807) is 31.2 Å². The first-order chi connectivity index (χ1) is 13.6. The Labute approximate surface area is 166 Å². The monoisotopic (exact) mass is 382 g/mol. The summed E-state index contributed by atoms with van der Waals surface area (Å²) in [6.07, 6.45) is -0.491. The third-order valence-corrected chi connectivity index (χ3v) is 5.11. The number of hydrogen-bond donors (Lipinski definition) is 2. The van der Waals surface area contributed by atoms with Gasteiger partial charge in [-0.05, 0) is 43.7 Å². The Kier molecular flexibility index (Phi) is 6.66. The SMILES string of the molecule is CCOC(=O)Nc1ccc(C(=O)N2CC[NH+](Cc3ccccc3C)CC2)cc1. The summed E-state index contributed by atoms with van der Waals surface area (Å²) in [6, 6.07) is 15.4. The Balaban J connectivity index is 1.52. The van der Waals surface area contributed by atoms with Gasteiger partial charge in [0.25, 0.3) is 5.91 Å². The molecule has 6 heteroatoms. The fourth-order valence-corrected chi connectivity index (χ4v) is 3.44. The standard InChI is InChI=1S/C22H27N3O3/c1-3-28-22(27)23-20-10-8-18(9-11-20)21(26)25-14-12-24(13-15-25)16-19-7-5-4-6-17(19)2/h4-11H,3,12-16H2,1-2H3,(H,23,27)/p+1. The van der Waals surface area contributed by atoms with E-state index >= 15 is 0 Å². The minimum atomic E-state index is -0.491. The van der Waals surface area contributed by atoms with Gasteiger partial charge in [-0.2, -0.15) is 0 Å². The quantitative estimate of drug-likeness (QED) is 0.833. The summed E-state index contributed by atoms with van der Waals surface area (Å²) in [5.41, 5.74) is 3.95. The lowest BCUT2D eigenvalue weighted by molar-refractivity contribution is -0.917. The van der Waals surface area contributed by atoms with Gasteiger partial charge >= 0.3 is 6.09 Å². The number of carbonyl (C=O) groups excluding carboxylic acids is 2. The summed E-state index contributed by atoms with van der Waals surface area (Å²) in [5, 5.41) is 2.63. The molecule has 1 fully saturated rings. The molecule has 6 nitrogen and oxygen atoms in total. The van der Waals surface area contributed by atoms with Crippen LogP contribution in [0.2, 0.25) is 0 Å². The molecule has 0 atom stereocenters. The van der Waals surface area contributed by atoms with Crippen molar-refractivity contribution >= 4 is 17.7 Å². The van der Waals surface area contributed by atoms with E-state index in [1.165, 1.54) is 16.0 Å². The van der Waals surface area contributed by atoms with Crippen LogP contribution >= 0.6 is 0 Å². The van der Waals surface area contributed by atoms with Crippen molar-refractivity contribution in [2.75, 3.05) is 38.1 Å². The number of hydrogen-bond acceptors (Lipinski definition) is 3. The van der Waals surface area contributed by atoms with Gasteiger partial charge in [-0.25, -0.2) is 4.79 Å². The molecule has 2 amide bonds. The lowest BCUT2D eigenvalue weighted by Gasteiger charge is -2.32. The number of aryl methyl sites for hydroxylation is 1. The molecule has 1 aliphatic heterocycles. The van der Waals surface area contributed by atoms with E-state index in [0.717, 1.165) is 32.7 Å². The zero-order valence-electron chi connectivity index (χ0n) is 16.5. The lowest BCUT2D eigenvalue weighted by Crippen LogP contribution is -3.13. The van der Waals surface area contributed by atoms with Crippen molar-refractivity contribution in [3.8, 4) is 0 Å². The fourth-order valence-electron chi connectivity index (χ4n) is 3.44. The maximum Gasteiger partial charge on any atom is 0.411 e. The maximum atomic E-state index is 12.8. The Morgan fingerprint density at radius 2 is 1.75 bits per heavy atom. The summed E-state index contributed by atoms with van der Waals surface area (Å²) in [7, 11) is 0. The van der Waals surface area contributed by atoms with Crippen LogP contribution in [-0.2, 0) is 11.3 Å². The second kappa shape index (κ2) is 9.37. The number of nitrogens with zero attached hydrogens (tertiary/aromatic N) is 1. The number of quaternary nitrogens is 1. The van der Waals surface area contributed by atoms with Crippen molar-refractivity contribution < 1.29 is 19.2 Å². The van der Waals surface area contributed by atoms with Crippen molar-refractivity contribution in [3.05, 3.63) is 65.2 Å². The number of rotatable bonds is 5. The molecule has 148 valence electrons. The van der Waals surface area contributed by atoms with Crippen LogP contribution in [0.4, 0.5) is 10.5 Å². The zero-order valence-corrected chi connectivity index (χ0v) is 16.5. The van der Waals surface area contributed by atoms with Crippen LogP contribution in [-0.4, -0.2) is 49.7 Å². The molecule has 0 aliphatic carbocycles. The highest BCUT2D eigenvalue weighted by molar-refractivity contribution is 5.95. The third-order valence-electron chi connectivity index (χ3n) is 5.11. The Hall–Kier alpha value is -2.86. The largest absolute Gasteiger partial charge is 0.450 e. The lowest BCUT2D eigenvalue weighted by atomic mass is 10.1. The summed E-state index contributed by atoms with van der Waals surface area (Å²) in [4.78, 5) is 27.6. The summed E-state index contributed by atoms with van der Waals surface area (Å²) in [6.45, 7) is 8.62. The predicted molar refractivity (Wildman–Crippen MR) is 109 cm³/mol. The van der Waals surface area contributed by atoms with Crippen molar-refractivity contribution in [1.82, 2.24) is 4.90 Å². The van der Waals surface area contributed by atoms with E-state index in [4.69, 9.17) is 4.74 Å². The average Bonchev–Trinajstić information content (AvgIpc) is 2.70. The van der Waals surface area contributed by atoms with Gasteiger partial charge < -0.3 is 14.5 Å².